The number of aliphatic carboxylic acids is 1. The number of nitrogens with zero attached hydrogens (tertiary/aromatic N) is 1. The number of carbonyl (C=O) groups is 1. The van der Waals surface area contributed by atoms with Gasteiger partial charge in [-0.05, 0) is 31.8 Å². The average Bonchev–Trinajstić information content (AvgIpc) is 2.50. The van der Waals surface area contributed by atoms with E-state index < -0.39 is 5.97 Å². The lowest BCUT2D eigenvalue weighted by molar-refractivity contribution is -0.428. The van der Waals surface area contributed by atoms with Gasteiger partial charge in [-0.3, -0.25) is 14.9 Å². The van der Waals surface area contributed by atoms with Crippen molar-refractivity contribution in [3.63, 3.8) is 0 Å². The summed E-state index contributed by atoms with van der Waals surface area (Å²) in [5.74, 6) is -0.841. The zero-order valence-corrected chi connectivity index (χ0v) is 14.6. The minimum Gasteiger partial charge on any atom is -0.481 e. The second-order valence-corrected chi connectivity index (χ2v) is 6.17. The summed E-state index contributed by atoms with van der Waals surface area (Å²) in [6, 6.07) is 0. The molecular formula is C18H33NO4. The minimum absolute atomic E-state index is 0.0866. The molecule has 1 N–H and O–H groups in total. The quantitative estimate of drug-likeness (QED) is 0.223. The van der Waals surface area contributed by atoms with Crippen LogP contribution >= 0.6 is 0 Å². The van der Waals surface area contributed by atoms with Gasteiger partial charge >= 0.3 is 5.97 Å². The molecule has 0 radical (unpaired) electrons. The van der Waals surface area contributed by atoms with Gasteiger partial charge in [0.05, 0.1) is 4.92 Å². The summed E-state index contributed by atoms with van der Waals surface area (Å²) in [7, 11) is 0. The van der Waals surface area contributed by atoms with E-state index in [1.807, 2.05) is 0 Å². The summed E-state index contributed by atoms with van der Waals surface area (Å²) in [5.41, 5.74) is 0.245. The van der Waals surface area contributed by atoms with E-state index in [0.29, 0.717) is 19.3 Å². The van der Waals surface area contributed by atoms with Crippen molar-refractivity contribution in [2.75, 3.05) is 0 Å². The van der Waals surface area contributed by atoms with Crippen molar-refractivity contribution in [1.82, 2.24) is 0 Å². The molecule has 0 aromatic carbocycles. The van der Waals surface area contributed by atoms with E-state index >= 15 is 0 Å². The number of allylic oxidation sites excluding steroid dienone is 2. The molecule has 0 aliphatic carbocycles. The van der Waals surface area contributed by atoms with E-state index in [1.54, 1.807) is 6.08 Å². The zero-order chi connectivity index (χ0) is 17.3. The Kier molecular flexibility index (Phi) is 14.6. The first-order valence-electron chi connectivity index (χ1n) is 9.13. The molecule has 0 heterocycles. The van der Waals surface area contributed by atoms with Crippen LogP contribution in [-0.4, -0.2) is 16.0 Å². The lowest BCUT2D eigenvalue weighted by atomic mass is 10.1. The molecule has 5 heteroatoms. The first-order chi connectivity index (χ1) is 11.1. The maximum atomic E-state index is 10.9. The van der Waals surface area contributed by atoms with E-state index in [2.05, 4.69) is 6.92 Å². The third kappa shape index (κ3) is 15.3. The lowest BCUT2D eigenvalue weighted by Crippen LogP contribution is -2.00. The van der Waals surface area contributed by atoms with Crippen LogP contribution in [0.15, 0.2) is 11.8 Å². The molecule has 0 aliphatic rings. The normalized spacial score (nSPS) is 11.6. The van der Waals surface area contributed by atoms with Gasteiger partial charge in [-0.15, -0.1) is 0 Å². The smallest absolute Gasteiger partial charge is 0.303 e. The monoisotopic (exact) mass is 327 g/mol. The topological polar surface area (TPSA) is 80.4 Å². The number of carboxylic acid groups (broad SMARTS) is 1. The highest BCUT2D eigenvalue weighted by molar-refractivity contribution is 5.66. The fourth-order valence-corrected chi connectivity index (χ4v) is 2.57. The van der Waals surface area contributed by atoms with Crippen LogP contribution in [0.1, 0.15) is 96.8 Å². The molecule has 0 aromatic rings. The molecule has 0 aliphatic heterocycles. The Morgan fingerprint density at radius 1 is 0.913 bits per heavy atom. The summed E-state index contributed by atoms with van der Waals surface area (Å²) in [4.78, 5) is 21.0. The fraction of sp³-hybridized carbons (Fsp3) is 0.833. The Bertz CT molecular complexity index is 353. The first kappa shape index (κ1) is 21.6. The SMILES string of the molecule is CCCCCCCCCCCC=C(CCCCC(=O)O)[N+](=O)[O-]. The Labute approximate surface area is 140 Å². The number of nitro groups is 1. The third-order valence-electron chi connectivity index (χ3n) is 4.00. The number of unbranched alkanes of at least 4 members (excludes halogenated alkanes) is 10. The van der Waals surface area contributed by atoms with Crippen molar-refractivity contribution in [2.45, 2.75) is 96.8 Å². The molecule has 0 aromatic heterocycles. The molecular weight excluding hydrogens is 294 g/mol. The highest BCUT2D eigenvalue weighted by Crippen LogP contribution is 2.14. The third-order valence-corrected chi connectivity index (χ3v) is 4.00. The van der Waals surface area contributed by atoms with E-state index in [9.17, 15) is 14.9 Å². The molecule has 0 bridgehead atoms. The molecule has 0 fully saturated rings. The van der Waals surface area contributed by atoms with Gasteiger partial charge in [0, 0.05) is 12.8 Å². The molecule has 0 rings (SSSR count). The predicted molar refractivity (Wildman–Crippen MR) is 93.0 cm³/mol. The zero-order valence-electron chi connectivity index (χ0n) is 14.6. The number of carboxylic acids is 1. The molecule has 0 saturated carbocycles. The Morgan fingerprint density at radius 3 is 1.96 bits per heavy atom. The molecule has 0 unspecified atom stereocenters. The largest absolute Gasteiger partial charge is 0.481 e. The maximum Gasteiger partial charge on any atom is 0.303 e. The molecule has 0 saturated heterocycles. The second-order valence-electron chi connectivity index (χ2n) is 6.17. The van der Waals surface area contributed by atoms with Crippen molar-refractivity contribution >= 4 is 5.97 Å². The fourth-order valence-electron chi connectivity index (χ4n) is 2.57. The molecule has 0 amide bonds. The van der Waals surface area contributed by atoms with E-state index in [4.69, 9.17) is 5.11 Å². The summed E-state index contributed by atoms with van der Waals surface area (Å²) in [6.07, 6.45) is 15.2. The van der Waals surface area contributed by atoms with Crippen LogP contribution in [-0.2, 0) is 4.79 Å². The molecule has 23 heavy (non-hydrogen) atoms. The van der Waals surface area contributed by atoms with Crippen LogP contribution in [0.5, 0.6) is 0 Å². The average molecular weight is 327 g/mol. The molecule has 134 valence electrons. The number of hydrogen-bond donors (Lipinski definition) is 1. The van der Waals surface area contributed by atoms with Gasteiger partial charge in [0.15, 0.2) is 0 Å². The van der Waals surface area contributed by atoms with Crippen LogP contribution < -0.4 is 0 Å². The highest BCUT2D eigenvalue weighted by atomic mass is 16.6. The van der Waals surface area contributed by atoms with Crippen LogP contribution in [0, 0.1) is 10.1 Å². The maximum absolute atomic E-state index is 10.9. The summed E-state index contributed by atoms with van der Waals surface area (Å²) in [6.45, 7) is 2.22. The van der Waals surface area contributed by atoms with Gasteiger partial charge in [0.2, 0.25) is 5.70 Å². The van der Waals surface area contributed by atoms with Gasteiger partial charge in [-0.25, -0.2) is 0 Å². The number of rotatable bonds is 16. The first-order valence-corrected chi connectivity index (χ1v) is 9.13. The Balaban J connectivity index is 3.66. The van der Waals surface area contributed by atoms with Gasteiger partial charge in [-0.1, -0.05) is 58.3 Å². The van der Waals surface area contributed by atoms with Gasteiger partial charge < -0.3 is 5.11 Å². The summed E-state index contributed by atoms with van der Waals surface area (Å²) in [5, 5.41) is 19.5. The predicted octanol–water partition coefficient (Wildman–Crippen LogP) is 5.71. The van der Waals surface area contributed by atoms with E-state index in [-0.39, 0.29) is 17.0 Å². The van der Waals surface area contributed by atoms with Crippen molar-refractivity contribution in [1.29, 1.82) is 0 Å². The van der Waals surface area contributed by atoms with E-state index in [0.717, 1.165) is 19.3 Å². The van der Waals surface area contributed by atoms with Crippen molar-refractivity contribution in [3.05, 3.63) is 21.9 Å². The van der Waals surface area contributed by atoms with Crippen molar-refractivity contribution in [3.8, 4) is 0 Å². The molecule has 5 nitrogen and oxygen atoms in total. The lowest BCUT2D eigenvalue weighted by Gasteiger charge is -2.01. The van der Waals surface area contributed by atoms with E-state index in [1.165, 1.54) is 44.9 Å². The Morgan fingerprint density at radius 2 is 1.43 bits per heavy atom. The van der Waals surface area contributed by atoms with Crippen LogP contribution in [0.2, 0.25) is 0 Å². The van der Waals surface area contributed by atoms with Gasteiger partial charge in [-0.2, -0.15) is 0 Å². The second kappa shape index (κ2) is 15.5. The summed E-state index contributed by atoms with van der Waals surface area (Å²) >= 11 is 0. The van der Waals surface area contributed by atoms with Gasteiger partial charge in [0.1, 0.15) is 0 Å². The summed E-state index contributed by atoms with van der Waals surface area (Å²) < 4.78 is 0. The number of hydrogen-bond acceptors (Lipinski definition) is 3. The van der Waals surface area contributed by atoms with Crippen LogP contribution in [0.3, 0.4) is 0 Å². The minimum atomic E-state index is -0.841. The molecule has 0 spiro atoms. The van der Waals surface area contributed by atoms with Gasteiger partial charge in [0.25, 0.3) is 0 Å². The van der Waals surface area contributed by atoms with Crippen LogP contribution in [0.4, 0.5) is 0 Å². The van der Waals surface area contributed by atoms with Crippen molar-refractivity contribution in [2.24, 2.45) is 0 Å². The standard InChI is InChI=1S/C18H33NO4/c1-2-3-4-5-6-7-8-9-10-11-14-17(19(22)23)15-12-13-16-18(20)21/h14H,2-13,15-16H2,1H3,(H,20,21). The van der Waals surface area contributed by atoms with Crippen LogP contribution in [0.25, 0.3) is 0 Å². The van der Waals surface area contributed by atoms with Crippen molar-refractivity contribution < 1.29 is 14.8 Å². The Hall–Kier alpha value is -1.39. The molecule has 0 atom stereocenters. The highest BCUT2D eigenvalue weighted by Gasteiger charge is 2.10.